The number of hydrazone groups is 1. The maximum Gasteiger partial charge on any atom is 0.272 e. The zero-order chi connectivity index (χ0) is 13.7. The Morgan fingerprint density at radius 1 is 1.21 bits per heavy atom. The number of aromatic hydroxyl groups is 2. The second kappa shape index (κ2) is 5.63. The maximum atomic E-state index is 11.6. The van der Waals surface area contributed by atoms with E-state index in [-0.39, 0.29) is 17.1 Å². The summed E-state index contributed by atoms with van der Waals surface area (Å²) in [6.45, 7) is 0. The second-order valence-electron chi connectivity index (χ2n) is 3.65. The summed E-state index contributed by atoms with van der Waals surface area (Å²) in [5.74, 6) is -0.682. The molecule has 0 spiro atoms. The van der Waals surface area contributed by atoms with E-state index in [0.29, 0.717) is 5.56 Å². The summed E-state index contributed by atoms with van der Waals surface area (Å²) in [7, 11) is 0. The van der Waals surface area contributed by atoms with Gasteiger partial charge in [-0.05, 0) is 24.3 Å². The molecule has 1 aromatic heterocycles. The first-order valence-corrected chi connectivity index (χ1v) is 5.43. The average molecular weight is 257 g/mol. The van der Waals surface area contributed by atoms with Crippen molar-refractivity contribution in [3.8, 4) is 11.5 Å². The number of pyridine rings is 1. The number of nitrogens with one attached hydrogen (secondary N) is 1. The summed E-state index contributed by atoms with van der Waals surface area (Å²) in [6, 6.07) is 7.53. The largest absolute Gasteiger partial charge is 0.507 e. The van der Waals surface area contributed by atoms with Crippen molar-refractivity contribution in [2.75, 3.05) is 0 Å². The highest BCUT2D eigenvalue weighted by atomic mass is 16.3. The number of phenols is 2. The fourth-order valence-electron chi connectivity index (χ4n) is 1.39. The summed E-state index contributed by atoms with van der Waals surface area (Å²) < 4.78 is 0. The van der Waals surface area contributed by atoms with Gasteiger partial charge in [0.15, 0.2) is 0 Å². The topological polar surface area (TPSA) is 94.8 Å². The number of carbonyl (C=O) groups excluding carboxylic acids is 1. The summed E-state index contributed by atoms with van der Waals surface area (Å²) in [5.41, 5.74) is 2.77. The lowest BCUT2D eigenvalue weighted by molar-refractivity contribution is 0.0954. The molecular formula is C13H11N3O3. The molecule has 0 aliphatic rings. The molecule has 0 bridgehead atoms. The van der Waals surface area contributed by atoms with E-state index in [0.717, 1.165) is 0 Å². The lowest BCUT2D eigenvalue weighted by Crippen LogP contribution is -2.17. The Hall–Kier alpha value is -2.89. The molecule has 0 radical (unpaired) electrons. The molecular weight excluding hydrogens is 246 g/mol. The molecule has 19 heavy (non-hydrogen) atoms. The van der Waals surface area contributed by atoms with Gasteiger partial charge in [0.1, 0.15) is 11.5 Å². The molecule has 2 aromatic rings. The molecule has 0 fully saturated rings. The lowest BCUT2D eigenvalue weighted by atomic mass is 10.2. The smallest absolute Gasteiger partial charge is 0.272 e. The molecule has 0 saturated heterocycles. The molecule has 6 heteroatoms. The predicted octanol–water partition coefficient (Wildman–Crippen LogP) is 1.26. The number of nitrogens with zero attached hydrogens (tertiary/aromatic N) is 2. The Labute approximate surface area is 109 Å². The van der Waals surface area contributed by atoms with E-state index in [9.17, 15) is 15.0 Å². The highest BCUT2D eigenvalue weighted by Gasteiger charge is 2.05. The van der Waals surface area contributed by atoms with Crippen LogP contribution in [0.2, 0.25) is 0 Å². The highest BCUT2D eigenvalue weighted by molar-refractivity contribution is 5.95. The van der Waals surface area contributed by atoms with Gasteiger partial charge in [-0.2, -0.15) is 5.10 Å². The van der Waals surface area contributed by atoms with Gasteiger partial charge in [0, 0.05) is 12.4 Å². The van der Waals surface area contributed by atoms with Crippen molar-refractivity contribution >= 4 is 12.1 Å². The van der Waals surface area contributed by atoms with Crippen molar-refractivity contribution in [2.24, 2.45) is 5.10 Å². The second-order valence-corrected chi connectivity index (χ2v) is 3.65. The lowest BCUT2D eigenvalue weighted by Gasteiger charge is -2.01. The summed E-state index contributed by atoms with van der Waals surface area (Å²) >= 11 is 0. The third-order valence-corrected chi connectivity index (χ3v) is 2.34. The number of hydrogen-bond acceptors (Lipinski definition) is 5. The molecule has 1 aromatic carbocycles. The standard InChI is InChI=1S/C13H11N3O3/c17-11-4-1-5-12(18)10(11)8-15-16-13(19)9-3-2-6-14-7-9/h1-8,17-18H,(H,16,19)/b15-8+. The Morgan fingerprint density at radius 2 is 1.95 bits per heavy atom. The van der Waals surface area contributed by atoms with E-state index in [1.165, 1.54) is 30.6 Å². The van der Waals surface area contributed by atoms with E-state index in [4.69, 9.17) is 0 Å². The number of rotatable bonds is 3. The summed E-state index contributed by atoms with van der Waals surface area (Å²) in [5, 5.41) is 22.7. The first-order valence-electron chi connectivity index (χ1n) is 5.43. The van der Waals surface area contributed by atoms with Gasteiger partial charge >= 0.3 is 0 Å². The minimum absolute atomic E-state index is 0.126. The summed E-state index contributed by atoms with van der Waals surface area (Å²) in [6.07, 6.45) is 4.13. The molecule has 3 N–H and O–H groups in total. The molecule has 6 nitrogen and oxygen atoms in total. The molecule has 96 valence electrons. The number of amides is 1. The van der Waals surface area contributed by atoms with Crippen molar-refractivity contribution in [1.82, 2.24) is 10.4 Å². The molecule has 0 aliphatic heterocycles. The molecule has 0 unspecified atom stereocenters. The molecule has 0 saturated carbocycles. The maximum absolute atomic E-state index is 11.6. The van der Waals surface area contributed by atoms with Gasteiger partial charge in [0.25, 0.3) is 5.91 Å². The van der Waals surface area contributed by atoms with Gasteiger partial charge in [0.05, 0.1) is 17.3 Å². The molecule has 2 rings (SSSR count). The number of carbonyl (C=O) groups is 1. The van der Waals surface area contributed by atoms with Crippen LogP contribution in [0.15, 0.2) is 47.8 Å². The van der Waals surface area contributed by atoms with Crippen LogP contribution in [0.1, 0.15) is 15.9 Å². The van der Waals surface area contributed by atoms with Gasteiger partial charge in [-0.1, -0.05) is 6.07 Å². The van der Waals surface area contributed by atoms with E-state index >= 15 is 0 Å². The fraction of sp³-hybridized carbons (Fsp3) is 0. The molecule has 0 atom stereocenters. The van der Waals surface area contributed by atoms with Crippen LogP contribution in [-0.2, 0) is 0 Å². The SMILES string of the molecule is O=C(N/N=C/c1c(O)cccc1O)c1cccnc1. The van der Waals surface area contributed by atoms with Crippen LogP contribution < -0.4 is 5.43 Å². The minimum Gasteiger partial charge on any atom is -0.507 e. The van der Waals surface area contributed by atoms with Crippen LogP contribution in [0.4, 0.5) is 0 Å². The predicted molar refractivity (Wildman–Crippen MR) is 69.1 cm³/mol. The Balaban J connectivity index is 2.07. The van der Waals surface area contributed by atoms with E-state index in [1.54, 1.807) is 18.3 Å². The van der Waals surface area contributed by atoms with E-state index in [2.05, 4.69) is 15.5 Å². The van der Waals surface area contributed by atoms with Crippen molar-refractivity contribution in [3.63, 3.8) is 0 Å². The zero-order valence-corrected chi connectivity index (χ0v) is 9.82. The van der Waals surface area contributed by atoms with Crippen molar-refractivity contribution in [1.29, 1.82) is 0 Å². The van der Waals surface area contributed by atoms with Crippen LogP contribution in [0, 0.1) is 0 Å². The van der Waals surface area contributed by atoms with Crippen LogP contribution >= 0.6 is 0 Å². The van der Waals surface area contributed by atoms with Gasteiger partial charge < -0.3 is 10.2 Å². The molecule has 1 heterocycles. The number of phenolic OH excluding ortho intramolecular Hbond substituents is 2. The quantitative estimate of drug-likeness (QED) is 0.569. The molecule has 0 aliphatic carbocycles. The van der Waals surface area contributed by atoms with Gasteiger partial charge in [-0.3, -0.25) is 9.78 Å². The zero-order valence-electron chi connectivity index (χ0n) is 9.82. The highest BCUT2D eigenvalue weighted by Crippen LogP contribution is 2.23. The average Bonchev–Trinajstić information content (AvgIpc) is 2.43. The Kier molecular flexibility index (Phi) is 3.72. The summed E-state index contributed by atoms with van der Waals surface area (Å²) in [4.78, 5) is 15.4. The third kappa shape index (κ3) is 3.06. The Morgan fingerprint density at radius 3 is 2.58 bits per heavy atom. The number of hydrogen-bond donors (Lipinski definition) is 3. The van der Waals surface area contributed by atoms with E-state index in [1.807, 2.05) is 0 Å². The van der Waals surface area contributed by atoms with E-state index < -0.39 is 5.91 Å². The van der Waals surface area contributed by atoms with Crippen molar-refractivity contribution in [2.45, 2.75) is 0 Å². The first kappa shape index (κ1) is 12.6. The fourth-order valence-corrected chi connectivity index (χ4v) is 1.39. The van der Waals surface area contributed by atoms with Gasteiger partial charge in [-0.15, -0.1) is 0 Å². The Bertz CT molecular complexity index is 592. The normalized spacial score (nSPS) is 10.5. The monoisotopic (exact) mass is 257 g/mol. The van der Waals surface area contributed by atoms with Crippen LogP contribution in [-0.4, -0.2) is 27.3 Å². The van der Waals surface area contributed by atoms with Crippen molar-refractivity contribution in [3.05, 3.63) is 53.9 Å². The van der Waals surface area contributed by atoms with Crippen LogP contribution in [0.5, 0.6) is 11.5 Å². The minimum atomic E-state index is -0.431. The molecule has 1 amide bonds. The first-order chi connectivity index (χ1) is 9.18. The van der Waals surface area contributed by atoms with Crippen LogP contribution in [0.25, 0.3) is 0 Å². The van der Waals surface area contributed by atoms with Gasteiger partial charge in [-0.25, -0.2) is 5.43 Å². The third-order valence-electron chi connectivity index (χ3n) is 2.34. The van der Waals surface area contributed by atoms with Crippen molar-refractivity contribution < 1.29 is 15.0 Å². The van der Waals surface area contributed by atoms with Gasteiger partial charge in [0.2, 0.25) is 0 Å². The number of aromatic nitrogens is 1. The number of benzene rings is 1. The van der Waals surface area contributed by atoms with Crippen LogP contribution in [0.3, 0.4) is 0 Å².